The van der Waals surface area contributed by atoms with Crippen LogP contribution >= 0.6 is 0 Å². The first-order valence-electron chi connectivity index (χ1n) is 7.98. The Morgan fingerprint density at radius 3 is 2.74 bits per heavy atom. The van der Waals surface area contributed by atoms with E-state index in [4.69, 9.17) is 4.74 Å². The standard InChI is InChI=1S/C15H26N2O2/c18-15(16-13-7-9-19-11-13)17-8-3-6-14(17)10-12-4-1-2-5-12/h12-14H,1-11H2,(H,16,18)/t13-,14?/m1/s1. The number of likely N-dealkylation sites (tertiary alicyclic amines) is 1. The van der Waals surface area contributed by atoms with Crippen LogP contribution in [0, 0.1) is 5.92 Å². The number of nitrogens with one attached hydrogen (secondary N) is 1. The normalized spacial score (nSPS) is 32.1. The van der Waals surface area contributed by atoms with Crippen molar-refractivity contribution in [2.24, 2.45) is 5.92 Å². The van der Waals surface area contributed by atoms with Gasteiger partial charge in [-0.05, 0) is 31.6 Å². The minimum absolute atomic E-state index is 0.149. The van der Waals surface area contributed by atoms with Gasteiger partial charge < -0.3 is 15.0 Å². The van der Waals surface area contributed by atoms with Crippen LogP contribution in [0.1, 0.15) is 51.4 Å². The molecule has 1 unspecified atom stereocenters. The van der Waals surface area contributed by atoms with Crippen LogP contribution in [0.2, 0.25) is 0 Å². The van der Waals surface area contributed by atoms with Crippen molar-refractivity contribution in [3.05, 3.63) is 0 Å². The van der Waals surface area contributed by atoms with E-state index in [1.165, 1.54) is 44.9 Å². The number of hydrogen-bond acceptors (Lipinski definition) is 2. The van der Waals surface area contributed by atoms with Gasteiger partial charge in [-0.25, -0.2) is 4.79 Å². The molecule has 3 aliphatic rings. The van der Waals surface area contributed by atoms with Crippen molar-refractivity contribution < 1.29 is 9.53 Å². The first kappa shape index (κ1) is 13.2. The molecule has 0 spiro atoms. The van der Waals surface area contributed by atoms with Crippen molar-refractivity contribution >= 4 is 6.03 Å². The molecule has 0 aromatic carbocycles. The van der Waals surface area contributed by atoms with E-state index >= 15 is 0 Å². The Hall–Kier alpha value is -0.770. The molecule has 1 aliphatic carbocycles. The highest BCUT2D eigenvalue weighted by Gasteiger charge is 2.32. The fraction of sp³-hybridized carbons (Fsp3) is 0.933. The van der Waals surface area contributed by atoms with Crippen molar-refractivity contribution in [2.45, 2.75) is 63.5 Å². The summed E-state index contributed by atoms with van der Waals surface area (Å²) in [6, 6.07) is 0.877. The number of carbonyl (C=O) groups excluding carboxylic acids is 1. The quantitative estimate of drug-likeness (QED) is 0.853. The van der Waals surface area contributed by atoms with Crippen molar-refractivity contribution in [1.29, 1.82) is 0 Å². The molecule has 108 valence electrons. The molecule has 2 heterocycles. The molecule has 2 aliphatic heterocycles. The van der Waals surface area contributed by atoms with E-state index in [0.717, 1.165) is 25.5 Å². The summed E-state index contributed by atoms with van der Waals surface area (Å²) < 4.78 is 5.32. The van der Waals surface area contributed by atoms with Crippen LogP contribution in [-0.2, 0) is 4.74 Å². The molecule has 4 nitrogen and oxygen atoms in total. The Morgan fingerprint density at radius 1 is 1.16 bits per heavy atom. The zero-order valence-corrected chi connectivity index (χ0v) is 11.8. The van der Waals surface area contributed by atoms with Crippen LogP contribution in [0.4, 0.5) is 4.79 Å². The Balaban J connectivity index is 1.51. The lowest BCUT2D eigenvalue weighted by molar-refractivity contribution is 0.170. The fourth-order valence-electron chi connectivity index (χ4n) is 3.88. The topological polar surface area (TPSA) is 41.6 Å². The van der Waals surface area contributed by atoms with E-state index in [1.54, 1.807) is 0 Å². The molecule has 0 aromatic heterocycles. The van der Waals surface area contributed by atoms with Crippen molar-refractivity contribution in [3.8, 4) is 0 Å². The van der Waals surface area contributed by atoms with E-state index < -0.39 is 0 Å². The number of rotatable bonds is 3. The number of urea groups is 1. The van der Waals surface area contributed by atoms with Gasteiger partial charge in [-0.15, -0.1) is 0 Å². The summed E-state index contributed by atoms with van der Waals surface area (Å²) in [6.07, 6.45) is 10.1. The molecule has 0 bridgehead atoms. The number of carbonyl (C=O) groups is 1. The number of nitrogens with zero attached hydrogens (tertiary/aromatic N) is 1. The molecular weight excluding hydrogens is 240 g/mol. The maximum absolute atomic E-state index is 12.3. The van der Waals surface area contributed by atoms with Crippen LogP contribution in [0.25, 0.3) is 0 Å². The SMILES string of the molecule is O=C(N[C@@H]1CCOC1)N1CCCC1CC1CCCC1. The summed E-state index contributed by atoms with van der Waals surface area (Å²) in [4.78, 5) is 14.4. The molecule has 0 radical (unpaired) electrons. The lowest BCUT2D eigenvalue weighted by Gasteiger charge is -2.28. The maximum Gasteiger partial charge on any atom is 0.317 e. The zero-order chi connectivity index (χ0) is 13.1. The van der Waals surface area contributed by atoms with Crippen LogP contribution < -0.4 is 5.32 Å². The molecule has 3 fully saturated rings. The van der Waals surface area contributed by atoms with Gasteiger partial charge in [0.1, 0.15) is 0 Å². The number of ether oxygens (including phenoxy) is 1. The Morgan fingerprint density at radius 2 is 2.00 bits per heavy atom. The van der Waals surface area contributed by atoms with Gasteiger partial charge in [0.2, 0.25) is 0 Å². The number of hydrogen-bond donors (Lipinski definition) is 1. The van der Waals surface area contributed by atoms with E-state index in [9.17, 15) is 4.79 Å². The molecule has 2 atom stereocenters. The van der Waals surface area contributed by atoms with E-state index in [2.05, 4.69) is 10.2 Å². The molecule has 1 saturated carbocycles. The number of amides is 2. The highest BCUT2D eigenvalue weighted by molar-refractivity contribution is 5.75. The second kappa shape index (κ2) is 6.12. The van der Waals surface area contributed by atoms with Crippen LogP contribution in [-0.4, -0.2) is 42.8 Å². The maximum atomic E-state index is 12.3. The molecule has 2 saturated heterocycles. The van der Waals surface area contributed by atoms with Crippen molar-refractivity contribution in [2.75, 3.05) is 19.8 Å². The lowest BCUT2D eigenvalue weighted by Crippen LogP contribution is -2.47. The summed E-state index contributed by atoms with van der Waals surface area (Å²) in [7, 11) is 0. The summed E-state index contributed by atoms with van der Waals surface area (Å²) >= 11 is 0. The monoisotopic (exact) mass is 266 g/mol. The molecule has 0 aromatic rings. The van der Waals surface area contributed by atoms with Gasteiger partial charge in [-0.1, -0.05) is 25.7 Å². The second-order valence-electron chi connectivity index (χ2n) is 6.39. The summed E-state index contributed by atoms with van der Waals surface area (Å²) in [5.41, 5.74) is 0. The average molecular weight is 266 g/mol. The average Bonchev–Trinajstić information content (AvgIpc) is 3.10. The van der Waals surface area contributed by atoms with Gasteiger partial charge in [0.05, 0.1) is 12.6 Å². The molecular formula is C15H26N2O2. The second-order valence-corrected chi connectivity index (χ2v) is 6.39. The van der Waals surface area contributed by atoms with Gasteiger partial charge in [0.25, 0.3) is 0 Å². The Labute approximate surface area is 115 Å². The lowest BCUT2D eigenvalue weighted by atomic mass is 9.97. The van der Waals surface area contributed by atoms with Crippen LogP contribution in [0.3, 0.4) is 0 Å². The summed E-state index contributed by atoms with van der Waals surface area (Å²) in [6.45, 7) is 2.42. The molecule has 19 heavy (non-hydrogen) atoms. The predicted molar refractivity (Wildman–Crippen MR) is 74.1 cm³/mol. The third-order valence-corrected chi connectivity index (χ3v) is 4.98. The Bertz CT molecular complexity index is 309. The Kier molecular flexibility index (Phi) is 4.26. The largest absolute Gasteiger partial charge is 0.379 e. The van der Waals surface area contributed by atoms with E-state index in [-0.39, 0.29) is 12.1 Å². The van der Waals surface area contributed by atoms with Crippen LogP contribution in [0.5, 0.6) is 0 Å². The summed E-state index contributed by atoms with van der Waals surface area (Å²) in [5, 5.41) is 3.14. The third-order valence-electron chi connectivity index (χ3n) is 4.98. The molecule has 1 N–H and O–H groups in total. The van der Waals surface area contributed by atoms with Crippen molar-refractivity contribution in [1.82, 2.24) is 10.2 Å². The first-order valence-corrected chi connectivity index (χ1v) is 7.98. The van der Waals surface area contributed by atoms with Crippen LogP contribution in [0.15, 0.2) is 0 Å². The zero-order valence-electron chi connectivity index (χ0n) is 11.8. The highest BCUT2D eigenvalue weighted by Crippen LogP contribution is 2.33. The molecule has 3 rings (SSSR count). The molecule has 4 heteroatoms. The predicted octanol–water partition coefficient (Wildman–Crippen LogP) is 2.53. The van der Waals surface area contributed by atoms with Gasteiger partial charge >= 0.3 is 6.03 Å². The smallest absolute Gasteiger partial charge is 0.317 e. The van der Waals surface area contributed by atoms with Gasteiger partial charge in [0.15, 0.2) is 0 Å². The van der Waals surface area contributed by atoms with Gasteiger partial charge in [0, 0.05) is 19.2 Å². The highest BCUT2D eigenvalue weighted by atomic mass is 16.5. The first-order chi connectivity index (χ1) is 9.33. The van der Waals surface area contributed by atoms with E-state index in [1.807, 2.05) is 0 Å². The van der Waals surface area contributed by atoms with Gasteiger partial charge in [-0.3, -0.25) is 0 Å². The minimum Gasteiger partial charge on any atom is -0.379 e. The van der Waals surface area contributed by atoms with Crippen molar-refractivity contribution in [3.63, 3.8) is 0 Å². The third kappa shape index (κ3) is 3.22. The van der Waals surface area contributed by atoms with Gasteiger partial charge in [-0.2, -0.15) is 0 Å². The minimum atomic E-state index is 0.149. The van der Waals surface area contributed by atoms with E-state index in [0.29, 0.717) is 12.6 Å². The fourth-order valence-corrected chi connectivity index (χ4v) is 3.88. The molecule has 2 amide bonds. The summed E-state index contributed by atoms with van der Waals surface area (Å²) in [5.74, 6) is 0.869.